The first-order chi connectivity index (χ1) is 12.5. The van der Waals surface area contributed by atoms with Crippen LogP contribution in [0.4, 0.5) is 4.79 Å². The summed E-state index contributed by atoms with van der Waals surface area (Å²) in [6.07, 6.45) is 3.43. The Bertz CT molecular complexity index is 855. The van der Waals surface area contributed by atoms with Gasteiger partial charge in [-0.15, -0.1) is 0 Å². The summed E-state index contributed by atoms with van der Waals surface area (Å²) in [4.78, 5) is 35.1. The first kappa shape index (κ1) is 17.7. The summed E-state index contributed by atoms with van der Waals surface area (Å²) in [5, 5.41) is 8.66. The number of ether oxygens (including phenoxy) is 1. The second kappa shape index (κ2) is 7.38. The Balaban J connectivity index is 1.78. The highest BCUT2D eigenvalue weighted by molar-refractivity contribution is 5.97. The Morgan fingerprint density at radius 3 is 2.65 bits per heavy atom. The van der Waals surface area contributed by atoms with Gasteiger partial charge in [-0.1, -0.05) is 18.2 Å². The van der Waals surface area contributed by atoms with Crippen LogP contribution in [0.1, 0.15) is 40.4 Å². The average Bonchev–Trinajstić information content (AvgIpc) is 3.38. The van der Waals surface area contributed by atoms with Gasteiger partial charge in [-0.2, -0.15) is 5.10 Å². The zero-order valence-corrected chi connectivity index (χ0v) is 14.6. The Morgan fingerprint density at radius 2 is 2.00 bits per heavy atom. The highest BCUT2D eigenvalue weighted by Gasteiger charge is 2.33. The molecule has 1 heterocycles. The molecule has 0 saturated heterocycles. The fourth-order valence-corrected chi connectivity index (χ4v) is 2.69. The molecule has 0 atom stereocenters. The van der Waals surface area contributed by atoms with Gasteiger partial charge >= 0.3 is 12.0 Å². The van der Waals surface area contributed by atoms with E-state index in [4.69, 9.17) is 4.74 Å². The smallest absolute Gasteiger partial charge is 0.342 e. The second-order valence-corrected chi connectivity index (χ2v) is 6.12. The molecule has 0 unspecified atom stereocenters. The summed E-state index contributed by atoms with van der Waals surface area (Å²) in [5.74, 6) is -1.07. The summed E-state index contributed by atoms with van der Waals surface area (Å²) in [5.41, 5.74) is 3.10. The van der Waals surface area contributed by atoms with Crippen LogP contribution in [0.25, 0.3) is 5.69 Å². The number of amides is 3. The summed E-state index contributed by atoms with van der Waals surface area (Å²) in [6, 6.07) is 7.13. The molecular weight excluding hydrogens is 336 g/mol. The Labute approximate surface area is 150 Å². The van der Waals surface area contributed by atoms with E-state index in [1.54, 1.807) is 4.68 Å². The van der Waals surface area contributed by atoms with Gasteiger partial charge in [0.05, 0.1) is 17.6 Å². The highest BCUT2D eigenvalue weighted by atomic mass is 16.5. The minimum absolute atomic E-state index is 0.249. The number of esters is 1. The maximum absolute atomic E-state index is 12.4. The molecule has 8 heteroatoms. The number of benzene rings is 1. The highest BCUT2D eigenvalue weighted by Crippen LogP contribution is 2.42. The average molecular weight is 356 g/mol. The lowest BCUT2D eigenvalue weighted by Gasteiger charge is -2.11. The number of aryl methyl sites for hydroxylation is 1. The summed E-state index contributed by atoms with van der Waals surface area (Å²) in [7, 11) is 1.39. The molecule has 0 bridgehead atoms. The van der Waals surface area contributed by atoms with Crippen LogP contribution in [-0.4, -0.2) is 41.3 Å². The van der Waals surface area contributed by atoms with Crippen molar-refractivity contribution in [2.75, 3.05) is 13.7 Å². The third-order valence-corrected chi connectivity index (χ3v) is 4.15. The minimum atomic E-state index is -0.697. The van der Waals surface area contributed by atoms with Gasteiger partial charge in [0.25, 0.3) is 5.91 Å². The number of urea groups is 1. The van der Waals surface area contributed by atoms with Gasteiger partial charge in [-0.05, 0) is 31.4 Å². The van der Waals surface area contributed by atoms with Crippen molar-refractivity contribution >= 4 is 17.9 Å². The molecule has 1 aliphatic rings. The van der Waals surface area contributed by atoms with E-state index in [0.717, 1.165) is 29.8 Å². The fourth-order valence-electron chi connectivity index (χ4n) is 2.69. The van der Waals surface area contributed by atoms with Crippen molar-refractivity contribution in [1.82, 2.24) is 20.4 Å². The molecule has 0 aliphatic heterocycles. The predicted octanol–water partition coefficient (Wildman–Crippen LogP) is 1.67. The number of carbonyl (C=O) groups excluding carboxylic acids is 3. The zero-order valence-electron chi connectivity index (χ0n) is 14.6. The molecule has 136 valence electrons. The predicted molar refractivity (Wildman–Crippen MR) is 93.2 cm³/mol. The molecule has 1 aromatic carbocycles. The number of hydrogen-bond acceptors (Lipinski definition) is 5. The van der Waals surface area contributed by atoms with Crippen molar-refractivity contribution < 1.29 is 19.1 Å². The molecular formula is C18H20N4O4. The van der Waals surface area contributed by atoms with Gasteiger partial charge in [0.1, 0.15) is 5.56 Å². The van der Waals surface area contributed by atoms with Crippen LogP contribution in [0.2, 0.25) is 0 Å². The van der Waals surface area contributed by atoms with E-state index in [2.05, 4.69) is 10.4 Å². The summed E-state index contributed by atoms with van der Waals surface area (Å²) < 4.78 is 6.82. The zero-order chi connectivity index (χ0) is 18.7. The number of rotatable bonds is 5. The lowest BCUT2D eigenvalue weighted by Crippen LogP contribution is -2.39. The van der Waals surface area contributed by atoms with Gasteiger partial charge in [0.15, 0.2) is 6.61 Å². The van der Waals surface area contributed by atoms with Crippen LogP contribution < -0.4 is 10.6 Å². The number of carbonyl (C=O) groups is 3. The molecule has 1 fully saturated rings. The van der Waals surface area contributed by atoms with E-state index >= 15 is 0 Å². The Kier molecular flexibility index (Phi) is 5.01. The molecule has 1 aliphatic carbocycles. The first-order valence-corrected chi connectivity index (χ1v) is 8.34. The number of aromatic nitrogens is 2. The maximum atomic E-state index is 12.4. The lowest BCUT2D eigenvalue weighted by atomic mass is 10.1. The van der Waals surface area contributed by atoms with Crippen LogP contribution in [0.3, 0.4) is 0 Å². The molecule has 2 N–H and O–H groups in total. The first-order valence-electron chi connectivity index (χ1n) is 8.34. The standard InChI is InChI=1S/C18H20N4O4/c1-11-5-3-4-6-14(11)22-16(12-7-8-12)13(9-20-22)17(24)26-10-15(23)21-18(25)19-2/h3-6,9,12H,7-8,10H2,1-2H3,(H2,19,21,23,25). The van der Waals surface area contributed by atoms with Gasteiger partial charge in [0, 0.05) is 13.0 Å². The summed E-state index contributed by atoms with van der Waals surface area (Å²) >= 11 is 0. The molecule has 1 aromatic heterocycles. The molecule has 3 amide bonds. The minimum Gasteiger partial charge on any atom is -0.452 e. The fraction of sp³-hybridized carbons (Fsp3) is 0.333. The second-order valence-electron chi connectivity index (χ2n) is 6.12. The van der Waals surface area contributed by atoms with Crippen LogP contribution in [0.5, 0.6) is 0 Å². The normalized spacial score (nSPS) is 13.2. The third-order valence-electron chi connectivity index (χ3n) is 4.15. The van der Waals surface area contributed by atoms with Crippen molar-refractivity contribution in [2.45, 2.75) is 25.7 Å². The summed E-state index contributed by atoms with van der Waals surface area (Å²) in [6.45, 7) is 1.45. The van der Waals surface area contributed by atoms with Gasteiger partial charge in [-0.25, -0.2) is 14.3 Å². The molecule has 8 nitrogen and oxygen atoms in total. The maximum Gasteiger partial charge on any atom is 0.342 e. The van der Waals surface area contributed by atoms with E-state index in [0.29, 0.717) is 5.56 Å². The van der Waals surface area contributed by atoms with Gasteiger partial charge in [0.2, 0.25) is 0 Å². The van der Waals surface area contributed by atoms with Crippen molar-refractivity contribution in [3.8, 4) is 5.69 Å². The quantitative estimate of drug-likeness (QED) is 0.794. The van der Waals surface area contributed by atoms with Crippen LogP contribution >= 0.6 is 0 Å². The van der Waals surface area contributed by atoms with Gasteiger partial charge in [-0.3, -0.25) is 10.1 Å². The number of imide groups is 1. The molecule has 0 spiro atoms. The topological polar surface area (TPSA) is 102 Å². The van der Waals surface area contributed by atoms with Crippen molar-refractivity contribution in [3.63, 3.8) is 0 Å². The Morgan fingerprint density at radius 1 is 1.27 bits per heavy atom. The number of hydrogen-bond donors (Lipinski definition) is 2. The molecule has 3 rings (SSSR count). The molecule has 2 aromatic rings. The van der Waals surface area contributed by atoms with E-state index in [-0.39, 0.29) is 5.92 Å². The SMILES string of the molecule is CNC(=O)NC(=O)COC(=O)c1cnn(-c2ccccc2C)c1C1CC1. The third kappa shape index (κ3) is 3.74. The van der Waals surface area contributed by atoms with Crippen molar-refractivity contribution in [2.24, 2.45) is 0 Å². The Hall–Kier alpha value is -3.16. The number of nitrogens with one attached hydrogen (secondary N) is 2. The van der Waals surface area contributed by atoms with Crippen molar-refractivity contribution in [3.05, 3.63) is 47.3 Å². The molecule has 0 radical (unpaired) electrons. The lowest BCUT2D eigenvalue weighted by molar-refractivity contribution is -0.123. The van der Waals surface area contributed by atoms with Crippen LogP contribution in [-0.2, 0) is 9.53 Å². The van der Waals surface area contributed by atoms with Crippen LogP contribution in [0.15, 0.2) is 30.5 Å². The van der Waals surface area contributed by atoms with Gasteiger partial charge < -0.3 is 10.1 Å². The number of nitrogens with zero attached hydrogens (tertiary/aromatic N) is 2. The monoisotopic (exact) mass is 356 g/mol. The largest absolute Gasteiger partial charge is 0.452 e. The van der Waals surface area contributed by atoms with E-state index in [1.165, 1.54) is 13.2 Å². The van der Waals surface area contributed by atoms with Crippen molar-refractivity contribution in [1.29, 1.82) is 0 Å². The van der Waals surface area contributed by atoms with E-state index < -0.39 is 24.5 Å². The molecule has 26 heavy (non-hydrogen) atoms. The van der Waals surface area contributed by atoms with Crippen LogP contribution in [0, 0.1) is 6.92 Å². The number of para-hydroxylation sites is 1. The molecule has 1 saturated carbocycles. The van der Waals surface area contributed by atoms with E-state index in [1.807, 2.05) is 36.5 Å². The van der Waals surface area contributed by atoms with E-state index in [9.17, 15) is 14.4 Å².